The Labute approximate surface area is 638 Å². The number of esters is 4. The smallest absolute Gasteiger partial charge is 0.462 e. The fourth-order valence-electron chi connectivity index (χ4n) is 13.2. The molecule has 0 aromatic heterocycles. The number of aliphatic hydroxyl groups excluding tert-OH is 1. The molecule has 2 unspecified atom stereocenters. The molecule has 3 N–H and O–H groups in total. The van der Waals surface area contributed by atoms with Crippen LogP contribution in [0.15, 0.2) is 0 Å². The largest absolute Gasteiger partial charge is 0.472 e. The number of carbonyl (C=O) groups excluding carboxylic acids is 4. The number of hydrogen-bond acceptors (Lipinski definition) is 15. The number of carbonyl (C=O) groups is 4. The SMILES string of the molecule is CCCCCCCCCCCCCCCCCCCCCCC(=O)OC[C@H](COP(=O)(O)OC[C@@H](O)COP(=O)(O)OC[C@@H](COC(=O)CCCCCCCCC(C)C)OC(=O)CCCCCCCCCCCCCC(C)C)OC(=O)CCCCCCCCCCCCCCCCCCCCC(C)C. The van der Waals surface area contributed by atoms with Crippen LogP contribution in [0, 0.1) is 17.8 Å². The molecule has 0 saturated heterocycles. The van der Waals surface area contributed by atoms with Crippen LogP contribution in [0.2, 0.25) is 0 Å². The van der Waals surface area contributed by atoms with Gasteiger partial charge in [0.2, 0.25) is 0 Å². The highest BCUT2D eigenvalue weighted by atomic mass is 31.2. The van der Waals surface area contributed by atoms with Gasteiger partial charge >= 0.3 is 39.5 Å². The summed E-state index contributed by atoms with van der Waals surface area (Å²) in [6, 6.07) is 0. The van der Waals surface area contributed by atoms with Gasteiger partial charge in [-0.2, -0.15) is 0 Å². The van der Waals surface area contributed by atoms with Crippen molar-refractivity contribution < 1.29 is 80.2 Å². The normalized spacial score (nSPS) is 13.9. The van der Waals surface area contributed by atoms with Crippen molar-refractivity contribution in [3.8, 4) is 0 Å². The van der Waals surface area contributed by atoms with E-state index in [0.29, 0.717) is 31.6 Å². The first kappa shape index (κ1) is 102. The Hall–Kier alpha value is -1.94. The molecule has 0 aromatic rings. The minimum Gasteiger partial charge on any atom is -0.462 e. The summed E-state index contributed by atoms with van der Waals surface area (Å²) in [5.74, 6) is 0.155. The van der Waals surface area contributed by atoms with Gasteiger partial charge in [-0.15, -0.1) is 0 Å². The van der Waals surface area contributed by atoms with Crippen molar-refractivity contribution in [1.29, 1.82) is 0 Å². The van der Waals surface area contributed by atoms with Gasteiger partial charge in [-0.1, -0.05) is 395 Å². The van der Waals surface area contributed by atoms with E-state index in [4.69, 9.17) is 37.0 Å². The first-order valence-corrected chi connectivity index (χ1v) is 46.8. The lowest BCUT2D eigenvalue weighted by Crippen LogP contribution is -2.30. The second-order valence-electron chi connectivity index (χ2n) is 32.0. The van der Waals surface area contributed by atoms with Gasteiger partial charge in [0, 0.05) is 25.7 Å². The predicted octanol–water partition coefficient (Wildman–Crippen LogP) is 25.7. The van der Waals surface area contributed by atoms with Crippen LogP contribution < -0.4 is 0 Å². The van der Waals surface area contributed by atoms with Gasteiger partial charge in [-0.25, -0.2) is 9.13 Å². The summed E-state index contributed by atoms with van der Waals surface area (Å²) in [7, 11) is -9.92. The van der Waals surface area contributed by atoms with Gasteiger partial charge in [-0.05, 0) is 43.4 Å². The highest BCUT2D eigenvalue weighted by molar-refractivity contribution is 7.47. The Bertz CT molecular complexity index is 2010. The van der Waals surface area contributed by atoms with Crippen molar-refractivity contribution in [2.45, 2.75) is 465 Å². The molecular weight excluding hydrogens is 1350 g/mol. The molecule has 0 radical (unpaired) electrons. The molecule has 0 rings (SSSR count). The second-order valence-corrected chi connectivity index (χ2v) is 34.9. The highest BCUT2D eigenvalue weighted by Crippen LogP contribution is 2.45. The maximum Gasteiger partial charge on any atom is 0.472 e. The molecule has 5 atom stereocenters. The summed E-state index contributed by atoms with van der Waals surface area (Å²) in [4.78, 5) is 73.1. The lowest BCUT2D eigenvalue weighted by atomic mass is 10.0. The second kappa shape index (κ2) is 75.1. The average Bonchev–Trinajstić information content (AvgIpc) is 0.907. The topological polar surface area (TPSA) is 237 Å². The lowest BCUT2D eigenvalue weighted by Gasteiger charge is -2.21. The maximum absolute atomic E-state index is 13.1. The summed E-state index contributed by atoms with van der Waals surface area (Å²) in [6.07, 6.45) is 65.6. The van der Waals surface area contributed by atoms with Gasteiger partial charge in [0.05, 0.1) is 26.4 Å². The van der Waals surface area contributed by atoms with E-state index in [0.717, 1.165) is 108 Å². The monoisotopic (exact) mass is 1520 g/mol. The van der Waals surface area contributed by atoms with Crippen molar-refractivity contribution in [1.82, 2.24) is 0 Å². The van der Waals surface area contributed by atoms with E-state index in [2.05, 4.69) is 48.5 Å². The first-order valence-electron chi connectivity index (χ1n) is 43.8. The standard InChI is InChI=1S/C85H166O17P2/c1-8-9-10-11-12-13-14-15-16-17-18-19-23-26-29-34-39-44-52-59-66-82(87)95-72-80(101-84(89)68-61-54-45-40-35-30-27-24-21-20-22-25-28-32-37-42-49-56-63-76(2)3)74-99-103(91,92)97-70-79(86)71-98-104(93,94)100-75-81(73-96-83(88)67-60-53-48-47-51-58-65-78(6)7)102-85(90)69-62-55-46-41-36-31-33-38-43-50-57-64-77(4)5/h76-81,86H,8-75H2,1-7H3,(H,91,92)(H,93,94)/t79-,80-,81-/m1/s1. The van der Waals surface area contributed by atoms with Crippen molar-refractivity contribution in [2.75, 3.05) is 39.6 Å². The minimum absolute atomic E-state index is 0.105. The zero-order valence-corrected chi connectivity index (χ0v) is 70.3. The predicted molar refractivity (Wildman–Crippen MR) is 428 cm³/mol. The fourth-order valence-corrected chi connectivity index (χ4v) is 14.8. The van der Waals surface area contributed by atoms with Crippen LogP contribution in [-0.2, 0) is 65.4 Å². The molecular formula is C85H166O17P2. The molecule has 618 valence electrons. The molecule has 0 aromatic carbocycles. The van der Waals surface area contributed by atoms with E-state index in [1.807, 2.05) is 0 Å². The van der Waals surface area contributed by atoms with Crippen molar-refractivity contribution in [2.24, 2.45) is 17.8 Å². The van der Waals surface area contributed by atoms with Crippen molar-refractivity contribution in [3.63, 3.8) is 0 Å². The highest BCUT2D eigenvalue weighted by Gasteiger charge is 2.30. The molecule has 0 fully saturated rings. The molecule has 0 aliphatic rings. The van der Waals surface area contributed by atoms with Gasteiger partial charge in [-0.3, -0.25) is 37.3 Å². The summed E-state index contributed by atoms with van der Waals surface area (Å²) in [5, 5.41) is 10.7. The minimum atomic E-state index is -4.97. The van der Waals surface area contributed by atoms with Gasteiger partial charge in [0.15, 0.2) is 12.2 Å². The summed E-state index contributed by atoms with van der Waals surface area (Å²) < 4.78 is 68.8. The van der Waals surface area contributed by atoms with E-state index < -0.39 is 97.5 Å². The third kappa shape index (κ3) is 78.2. The third-order valence-electron chi connectivity index (χ3n) is 19.9. The zero-order chi connectivity index (χ0) is 76.5. The van der Waals surface area contributed by atoms with E-state index >= 15 is 0 Å². The molecule has 17 nitrogen and oxygen atoms in total. The average molecular weight is 1520 g/mol. The number of aliphatic hydroxyl groups is 1. The van der Waals surface area contributed by atoms with Crippen LogP contribution >= 0.6 is 15.6 Å². The van der Waals surface area contributed by atoms with Crippen LogP contribution in [0.25, 0.3) is 0 Å². The molecule has 19 heteroatoms. The van der Waals surface area contributed by atoms with Crippen LogP contribution in [-0.4, -0.2) is 96.7 Å². The van der Waals surface area contributed by atoms with Crippen LogP contribution in [0.5, 0.6) is 0 Å². The molecule has 0 aliphatic heterocycles. The Kier molecular flexibility index (Phi) is 73.7. The molecule has 0 heterocycles. The number of ether oxygens (including phenoxy) is 4. The fraction of sp³-hybridized carbons (Fsp3) is 0.953. The Morgan fingerprint density at radius 3 is 0.654 bits per heavy atom. The summed E-state index contributed by atoms with van der Waals surface area (Å²) >= 11 is 0. The molecule has 0 bridgehead atoms. The summed E-state index contributed by atoms with van der Waals surface area (Å²) in [6.45, 7) is 11.9. The van der Waals surface area contributed by atoms with Crippen molar-refractivity contribution in [3.05, 3.63) is 0 Å². The summed E-state index contributed by atoms with van der Waals surface area (Å²) in [5.41, 5.74) is 0. The third-order valence-corrected chi connectivity index (χ3v) is 21.8. The van der Waals surface area contributed by atoms with E-state index in [1.54, 1.807) is 0 Å². The first-order chi connectivity index (χ1) is 50.2. The Balaban J connectivity index is 5.20. The maximum atomic E-state index is 13.1. The van der Waals surface area contributed by atoms with Crippen LogP contribution in [0.4, 0.5) is 0 Å². The molecule has 0 aliphatic carbocycles. The molecule has 0 spiro atoms. The van der Waals surface area contributed by atoms with E-state index in [1.165, 1.54) is 250 Å². The van der Waals surface area contributed by atoms with Crippen molar-refractivity contribution >= 4 is 39.5 Å². The lowest BCUT2D eigenvalue weighted by molar-refractivity contribution is -0.161. The van der Waals surface area contributed by atoms with Gasteiger partial charge in [0.25, 0.3) is 0 Å². The van der Waals surface area contributed by atoms with Crippen LogP contribution in [0.1, 0.15) is 447 Å². The Morgan fingerprint density at radius 1 is 0.260 bits per heavy atom. The quantitative estimate of drug-likeness (QED) is 0.0222. The van der Waals surface area contributed by atoms with E-state index in [9.17, 15) is 43.2 Å². The number of hydrogen-bond donors (Lipinski definition) is 3. The van der Waals surface area contributed by atoms with Gasteiger partial charge < -0.3 is 33.8 Å². The molecule has 0 amide bonds. The zero-order valence-electron chi connectivity index (χ0n) is 68.5. The van der Waals surface area contributed by atoms with E-state index in [-0.39, 0.29) is 25.7 Å². The Morgan fingerprint density at radius 2 is 0.442 bits per heavy atom. The number of phosphoric acid groups is 2. The van der Waals surface area contributed by atoms with Crippen LogP contribution in [0.3, 0.4) is 0 Å². The number of unbranched alkanes of at least 4 members (excludes halogenated alkanes) is 51. The number of rotatable bonds is 83. The molecule has 0 saturated carbocycles. The number of phosphoric ester groups is 2. The molecule has 104 heavy (non-hydrogen) atoms. The van der Waals surface area contributed by atoms with Gasteiger partial charge in [0.1, 0.15) is 19.3 Å².